The lowest BCUT2D eigenvalue weighted by atomic mass is 10.1. The minimum Gasteiger partial charge on any atom is -0.380 e. The minimum atomic E-state index is -4.10. The largest absolute Gasteiger partial charge is 0.389 e. The van der Waals surface area contributed by atoms with Crippen molar-refractivity contribution < 1.29 is 13.2 Å². The van der Waals surface area contributed by atoms with Gasteiger partial charge in [-0.3, -0.25) is 0 Å². The van der Waals surface area contributed by atoms with E-state index in [1.165, 1.54) is 0 Å². The molecule has 1 N–H and O–H groups in total. The van der Waals surface area contributed by atoms with Crippen LogP contribution in [0, 0.1) is 0 Å². The summed E-state index contributed by atoms with van der Waals surface area (Å²) in [6.45, 7) is 1.80. The summed E-state index contributed by atoms with van der Waals surface area (Å²) >= 11 is 11.9. The molecule has 1 unspecified atom stereocenters. The van der Waals surface area contributed by atoms with Gasteiger partial charge in [-0.1, -0.05) is 29.3 Å². The molecular weight excluding hydrogens is 286 g/mol. The molecule has 1 aromatic rings. The Morgan fingerprint density at radius 3 is 2.28 bits per heavy atom. The van der Waals surface area contributed by atoms with Crippen molar-refractivity contribution in [3.05, 3.63) is 28.2 Å². The van der Waals surface area contributed by atoms with Crippen LogP contribution in [0.3, 0.4) is 0 Å². The van der Waals surface area contributed by atoms with Crippen LogP contribution in [-0.2, 0) is 0 Å². The molecule has 0 spiro atoms. The molecule has 0 saturated heterocycles. The molecule has 6 heteroatoms. The van der Waals surface area contributed by atoms with Gasteiger partial charge >= 0.3 is 6.18 Å². The van der Waals surface area contributed by atoms with Gasteiger partial charge in [-0.2, -0.15) is 13.2 Å². The fourth-order valence-corrected chi connectivity index (χ4v) is 2.07. The van der Waals surface area contributed by atoms with E-state index in [0.717, 1.165) is 0 Å². The molecule has 1 atom stereocenters. The fraction of sp³-hybridized carbons (Fsp3) is 0.500. The number of halogens is 5. The second-order valence-corrected chi connectivity index (χ2v) is 4.96. The van der Waals surface area contributed by atoms with Gasteiger partial charge in [-0.25, -0.2) is 0 Å². The minimum absolute atomic E-state index is 0.0831. The van der Waals surface area contributed by atoms with Crippen LogP contribution in [0.25, 0.3) is 0 Å². The van der Waals surface area contributed by atoms with Crippen molar-refractivity contribution in [2.45, 2.75) is 38.4 Å². The first-order chi connectivity index (χ1) is 8.29. The molecule has 0 aliphatic carbocycles. The van der Waals surface area contributed by atoms with Crippen LogP contribution < -0.4 is 5.32 Å². The molecular formula is C12H14Cl2F3N. The van der Waals surface area contributed by atoms with Crippen molar-refractivity contribution in [1.82, 2.24) is 0 Å². The molecule has 102 valence electrons. The maximum Gasteiger partial charge on any atom is 0.389 e. The topological polar surface area (TPSA) is 12.0 Å². The van der Waals surface area contributed by atoms with Crippen LogP contribution >= 0.6 is 23.2 Å². The van der Waals surface area contributed by atoms with Crippen LogP contribution in [0.1, 0.15) is 26.2 Å². The van der Waals surface area contributed by atoms with E-state index < -0.39 is 12.6 Å². The van der Waals surface area contributed by atoms with Crippen molar-refractivity contribution in [1.29, 1.82) is 0 Å². The van der Waals surface area contributed by atoms with Gasteiger partial charge in [0.2, 0.25) is 0 Å². The predicted octanol–water partition coefficient (Wildman–Crippen LogP) is 5.53. The molecule has 0 aliphatic heterocycles. The van der Waals surface area contributed by atoms with Crippen LogP contribution in [-0.4, -0.2) is 12.2 Å². The van der Waals surface area contributed by atoms with Gasteiger partial charge in [-0.05, 0) is 31.9 Å². The number of hydrogen-bond donors (Lipinski definition) is 1. The Balaban J connectivity index is 2.47. The van der Waals surface area contributed by atoms with Gasteiger partial charge in [0.1, 0.15) is 0 Å². The number of nitrogens with one attached hydrogen (secondary N) is 1. The third-order valence-electron chi connectivity index (χ3n) is 2.45. The van der Waals surface area contributed by atoms with E-state index in [2.05, 4.69) is 5.32 Å². The maximum absolute atomic E-state index is 12.0. The van der Waals surface area contributed by atoms with E-state index in [-0.39, 0.29) is 12.5 Å². The molecule has 0 radical (unpaired) electrons. The quantitative estimate of drug-likeness (QED) is 0.754. The van der Waals surface area contributed by atoms with E-state index in [1.807, 2.05) is 0 Å². The molecule has 1 aromatic carbocycles. The second-order valence-electron chi connectivity index (χ2n) is 4.15. The summed E-state index contributed by atoms with van der Waals surface area (Å²) in [5, 5.41) is 3.96. The summed E-state index contributed by atoms with van der Waals surface area (Å²) in [7, 11) is 0. The Hall–Kier alpha value is -0.610. The van der Waals surface area contributed by atoms with Gasteiger partial charge in [0, 0.05) is 12.5 Å². The summed E-state index contributed by atoms with van der Waals surface area (Å²) in [5.74, 6) is 0. The van der Waals surface area contributed by atoms with Gasteiger partial charge in [0.25, 0.3) is 0 Å². The third-order valence-corrected chi connectivity index (χ3v) is 3.08. The Kier molecular flexibility index (Phi) is 5.60. The zero-order valence-electron chi connectivity index (χ0n) is 9.82. The summed E-state index contributed by atoms with van der Waals surface area (Å²) in [4.78, 5) is 0. The molecule has 0 aromatic heterocycles. The number of para-hydroxylation sites is 1. The Labute approximate surface area is 114 Å². The van der Waals surface area contributed by atoms with Gasteiger partial charge in [-0.15, -0.1) is 0 Å². The van der Waals surface area contributed by atoms with Crippen molar-refractivity contribution in [2.24, 2.45) is 0 Å². The SMILES string of the molecule is CC(CCCC(F)(F)F)Nc1c(Cl)cccc1Cl. The Morgan fingerprint density at radius 2 is 1.78 bits per heavy atom. The van der Waals surface area contributed by atoms with E-state index in [9.17, 15) is 13.2 Å². The second kappa shape index (κ2) is 6.53. The molecule has 1 rings (SSSR count). The monoisotopic (exact) mass is 299 g/mol. The van der Waals surface area contributed by atoms with Crippen LogP contribution in [0.15, 0.2) is 18.2 Å². The van der Waals surface area contributed by atoms with Gasteiger partial charge < -0.3 is 5.32 Å². The first-order valence-corrected chi connectivity index (χ1v) is 6.32. The zero-order chi connectivity index (χ0) is 13.8. The standard InChI is InChI=1S/C12H14Cl2F3N/c1-8(4-3-7-12(15,16)17)18-11-9(13)5-2-6-10(11)14/h2,5-6,8,18H,3-4,7H2,1H3. The maximum atomic E-state index is 12.0. The highest BCUT2D eigenvalue weighted by atomic mass is 35.5. The number of anilines is 1. The van der Waals surface area contributed by atoms with E-state index in [0.29, 0.717) is 22.2 Å². The highest BCUT2D eigenvalue weighted by Gasteiger charge is 2.26. The van der Waals surface area contributed by atoms with Crippen molar-refractivity contribution >= 4 is 28.9 Å². The predicted molar refractivity (Wildman–Crippen MR) is 69.5 cm³/mol. The molecule has 0 heterocycles. The average molecular weight is 300 g/mol. The number of benzene rings is 1. The van der Waals surface area contributed by atoms with E-state index in [1.54, 1.807) is 25.1 Å². The molecule has 0 saturated carbocycles. The highest BCUT2D eigenvalue weighted by molar-refractivity contribution is 6.39. The van der Waals surface area contributed by atoms with Crippen LogP contribution in [0.2, 0.25) is 10.0 Å². The first kappa shape index (κ1) is 15.4. The highest BCUT2D eigenvalue weighted by Crippen LogP contribution is 2.31. The Bertz CT molecular complexity index is 373. The summed E-state index contributed by atoms with van der Waals surface area (Å²) < 4.78 is 36.0. The summed E-state index contributed by atoms with van der Waals surface area (Å²) in [5.41, 5.74) is 0.570. The van der Waals surface area contributed by atoms with Gasteiger partial charge in [0.15, 0.2) is 0 Å². The molecule has 0 bridgehead atoms. The zero-order valence-corrected chi connectivity index (χ0v) is 11.3. The lowest BCUT2D eigenvalue weighted by molar-refractivity contribution is -0.135. The van der Waals surface area contributed by atoms with Crippen LogP contribution in [0.5, 0.6) is 0 Å². The fourth-order valence-electron chi connectivity index (χ4n) is 1.56. The first-order valence-electron chi connectivity index (χ1n) is 5.57. The average Bonchev–Trinajstić information content (AvgIpc) is 2.22. The number of rotatable bonds is 5. The lowest BCUT2D eigenvalue weighted by Gasteiger charge is -2.17. The Morgan fingerprint density at radius 1 is 1.22 bits per heavy atom. The number of hydrogen-bond acceptors (Lipinski definition) is 1. The third kappa shape index (κ3) is 5.36. The molecule has 0 amide bonds. The van der Waals surface area contributed by atoms with E-state index in [4.69, 9.17) is 23.2 Å². The summed E-state index contributed by atoms with van der Waals surface area (Å²) in [6.07, 6.45) is -4.38. The van der Waals surface area contributed by atoms with Crippen molar-refractivity contribution in [3.63, 3.8) is 0 Å². The molecule has 0 aliphatic rings. The molecule has 1 nitrogen and oxygen atoms in total. The summed E-state index contributed by atoms with van der Waals surface area (Å²) in [6, 6.07) is 4.95. The smallest absolute Gasteiger partial charge is 0.380 e. The molecule has 0 fully saturated rings. The van der Waals surface area contributed by atoms with Crippen molar-refractivity contribution in [3.8, 4) is 0 Å². The molecule has 18 heavy (non-hydrogen) atoms. The normalized spacial score (nSPS) is 13.4. The van der Waals surface area contributed by atoms with Gasteiger partial charge in [0.05, 0.1) is 15.7 Å². The van der Waals surface area contributed by atoms with E-state index >= 15 is 0 Å². The lowest BCUT2D eigenvalue weighted by Crippen LogP contribution is -2.17. The van der Waals surface area contributed by atoms with Crippen LogP contribution in [0.4, 0.5) is 18.9 Å². The number of alkyl halides is 3. The van der Waals surface area contributed by atoms with Crippen molar-refractivity contribution in [2.75, 3.05) is 5.32 Å².